The summed E-state index contributed by atoms with van der Waals surface area (Å²) in [5.74, 6) is 0.682. The van der Waals surface area contributed by atoms with Crippen LogP contribution in [-0.4, -0.2) is 54.3 Å². The highest BCUT2D eigenvalue weighted by Gasteiger charge is 2.48. The SMILES string of the molecule is COc1ccc(CN2C(=NC(=O)C(C)C)S[C@@H]3CS(=O)(=O)C[C@@H]32)cc1. The summed E-state index contributed by atoms with van der Waals surface area (Å²) >= 11 is 1.42. The van der Waals surface area contributed by atoms with E-state index >= 15 is 0 Å². The lowest BCUT2D eigenvalue weighted by Gasteiger charge is -2.24. The van der Waals surface area contributed by atoms with Crippen molar-refractivity contribution in [1.29, 1.82) is 0 Å². The molecule has 0 saturated carbocycles. The fourth-order valence-corrected chi connectivity index (χ4v) is 6.93. The van der Waals surface area contributed by atoms with Crippen molar-refractivity contribution in [2.45, 2.75) is 31.7 Å². The zero-order valence-electron chi connectivity index (χ0n) is 14.5. The van der Waals surface area contributed by atoms with Crippen LogP contribution >= 0.6 is 11.8 Å². The number of methoxy groups -OCH3 is 1. The molecule has 2 atom stereocenters. The first-order valence-corrected chi connectivity index (χ1v) is 10.9. The van der Waals surface area contributed by atoms with Gasteiger partial charge in [0.25, 0.3) is 5.91 Å². The Morgan fingerprint density at radius 1 is 1.32 bits per heavy atom. The molecule has 136 valence electrons. The number of amides is 1. The Bertz CT molecular complexity index is 787. The molecule has 1 amide bonds. The summed E-state index contributed by atoms with van der Waals surface area (Å²) < 4.78 is 29.2. The number of aliphatic imine (C=N–C) groups is 1. The van der Waals surface area contributed by atoms with Crippen LogP contribution in [0.5, 0.6) is 5.75 Å². The van der Waals surface area contributed by atoms with Crippen LogP contribution in [-0.2, 0) is 21.2 Å². The predicted molar refractivity (Wildman–Crippen MR) is 99.6 cm³/mol. The molecular formula is C17H22N2O4S2. The highest BCUT2D eigenvalue weighted by Crippen LogP contribution is 2.39. The van der Waals surface area contributed by atoms with Gasteiger partial charge in [0, 0.05) is 17.7 Å². The number of nitrogens with zero attached hydrogens (tertiary/aromatic N) is 2. The second-order valence-electron chi connectivity index (χ2n) is 6.66. The summed E-state index contributed by atoms with van der Waals surface area (Å²) in [6, 6.07) is 7.51. The minimum Gasteiger partial charge on any atom is -0.497 e. The van der Waals surface area contributed by atoms with Crippen molar-refractivity contribution in [3.63, 3.8) is 0 Å². The zero-order valence-corrected chi connectivity index (χ0v) is 16.1. The molecule has 0 spiro atoms. The van der Waals surface area contributed by atoms with Crippen molar-refractivity contribution in [1.82, 2.24) is 4.90 Å². The number of thioether (sulfide) groups is 1. The Balaban J connectivity index is 1.87. The third kappa shape index (κ3) is 4.00. The topological polar surface area (TPSA) is 76.0 Å². The van der Waals surface area contributed by atoms with Crippen molar-refractivity contribution in [2.75, 3.05) is 18.6 Å². The fraction of sp³-hybridized carbons (Fsp3) is 0.529. The van der Waals surface area contributed by atoms with Crippen LogP contribution in [0.15, 0.2) is 29.3 Å². The van der Waals surface area contributed by atoms with Gasteiger partial charge in [-0.2, -0.15) is 4.99 Å². The first-order chi connectivity index (χ1) is 11.8. The zero-order chi connectivity index (χ0) is 18.2. The van der Waals surface area contributed by atoms with Crippen LogP contribution in [0.4, 0.5) is 0 Å². The van der Waals surface area contributed by atoms with E-state index in [0.717, 1.165) is 11.3 Å². The molecule has 1 aromatic carbocycles. The number of ether oxygens (including phenoxy) is 1. The number of rotatable bonds is 4. The molecule has 0 bridgehead atoms. The van der Waals surface area contributed by atoms with Crippen LogP contribution in [0.2, 0.25) is 0 Å². The monoisotopic (exact) mass is 382 g/mol. The van der Waals surface area contributed by atoms with Crippen molar-refractivity contribution in [3.8, 4) is 5.75 Å². The van der Waals surface area contributed by atoms with Gasteiger partial charge in [0.2, 0.25) is 0 Å². The highest BCUT2D eigenvalue weighted by atomic mass is 32.2. The molecular weight excluding hydrogens is 360 g/mol. The van der Waals surface area contributed by atoms with Gasteiger partial charge < -0.3 is 9.64 Å². The van der Waals surface area contributed by atoms with Crippen LogP contribution in [0, 0.1) is 5.92 Å². The normalized spacial score (nSPS) is 26.2. The number of sulfone groups is 1. The van der Waals surface area contributed by atoms with E-state index in [9.17, 15) is 13.2 Å². The lowest BCUT2D eigenvalue weighted by Crippen LogP contribution is -2.37. The second kappa shape index (κ2) is 6.99. The van der Waals surface area contributed by atoms with Crippen LogP contribution in [0.25, 0.3) is 0 Å². The van der Waals surface area contributed by atoms with E-state index in [1.54, 1.807) is 7.11 Å². The Hall–Kier alpha value is -1.54. The largest absolute Gasteiger partial charge is 0.497 e. The standard InChI is InChI=1S/C17H22N2O4S2/c1-11(2)16(20)18-17-19(8-12-4-6-13(23-3)7-5-12)14-9-25(21,22)10-15(14)24-17/h4-7,11,14-15H,8-10H2,1-3H3/t14-,15+/m0/s1. The smallest absolute Gasteiger partial charge is 0.250 e. The number of benzene rings is 1. The van der Waals surface area contributed by atoms with Gasteiger partial charge in [0.1, 0.15) is 5.75 Å². The number of hydrogen-bond donors (Lipinski definition) is 0. The second-order valence-corrected chi connectivity index (χ2v) is 10.0. The molecule has 1 aromatic rings. The molecule has 8 heteroatoms. The molecule has 2 saturated heterocycles. The summed E-state index contributed by atoms with van der Waals surface area (Å²) in [5.41, 5.74) is 1.02. The molecule has 0 aromatic heterocycles. The molecule has 2 aliphatic rings. The lowest BCUT2D eigenvalue weighted by molar-refractivity contribution is -0.120. The van der Waals surface area contributed by atoms with Gasteiger partial charge in [-0.3, -0.25) is 4.79 Å². The van der Waals surface area contributed by atoms with Crippen LogP contribution in [0.3, 0.4) is 0 Å². The summed E-state index contributed by atoms with van der Waals surface area (Å²) in [5, 5.41) is 0.585. The van der Waals surface area contributed by atoms with Gasteiger partial charge in [-0.05, 0) is 17.7 Å². The van der Waals surface area contributed by atoms with Crippen LogP contribution < -0.4 is 4.74 Å². The number of fused-ring (bicyclic) bond motifs is 1. The van der Waals surface area contributed by atoms with Gasteiger partial charge in [-0.1, -0.05) is 37.7 Å². The maximum Gasteiger partial charge on any atom is 0.250 e. The van der Waals surface area contributed by atoms with Gasteiger partial charge >= 0.3 is 0 Å². The van der Waals surface area contributed by atoms with Gasteiger partial charge in [-0.25, -0.2) is 8.42 Å². The minimum absolute atomic E-state index is 0.0537. The maximum absolute atomic E-state index is 12.1. The van der Waals surface area contributed by atoms with E-state index in [0.29, 0.717) is 11.7 Å². The maximum atomic E-state index is 12.1. The Morgan fingerprint density at radius 3 is 2.60 bits per heavy atom. The molecule has 2 heterocycles. The summed E-state index contributed by atoms with van der Waals surface area (Å²) in [4.78, 5) is 18.3. The van der Waals surface area contributed by atoms with E-state index in [1.807, 2.05) is 43.0 Å². The molecule has 2 aliphatic heterocycles. The van der Waals surface area contributed by atoms with Gasteiger partial charge in [0.05, 0.1) is 24.7 Å². The molecule has 0 unspecified atom stereocenters. The Kier molecular flexibility index (Phi) is 5.11. The van der Waals surface area contributed by atoms with E-state index in [1.165, 1.54) is 11.8 Å². The van der Waals surface area contributed by atoms with Gasteiger partial charge in [-0.15, -0.1) is 0 Å². The summed E-state index contributed by atoms with van der Waals surface area (Å²) in [6.07, 6.45) is 0. The molecule has 3 rings (SSSR count). The highest BCUT2D eigenvalue weighted by molar-refractivity contribution is 8.15. The van der Waals surface area contributed by atoms with Crippen molar-refractivity contribution < 1.29 is 17.9 Å². The number of carbonyl (C=O) groups is 1. The van der Waals surface area contributed by atoms with Crippen molar-refractivity contribution in [2.24, 2.45) is 10.9 Å². The number of hydrogen-bond acceptors (Lipinski definition) is 5. The van der Waals surface area contributed by atoms with Crippen LogP contribution in [0.1, 0.15) is 19.4 Å². The average molecular weight is 383 g/mol. The predicted octanol–water partition coefficient (Wildman–Crippen LogP) is 1.95. The number of amidine groups is 1. The molecule has 0 N–H and O–H groups in total. The first-order valence-electron chi connectivity index (χ1n) is 8.18. The lowest BCUT2D eigenvalue weighted by atomic mass is 10.1. The van der Waals surface area contributed by atoms with Crippen molar-refractivity contribution in [3.05, 3.63) is 29.8 Å². The Morgan fingerprint density at radius 2 is 2.00 bits per heavy atom. The molecule has 6 nitrogen and oxygen atoms in total. The summed E-state index contributed by atoms with van der Waals surface area (Å²) in [6.45, 7) is 4.15. The quantitative estimate of drug-likeness (QED) is 0.792. The molecule has 0 aliphatic carbocycles. The molecule has 25 heavy (non-hydrogen) atoms. The molecule has 0 radical (unpaired) electrons. The van der Waals surface area contributed by atoms with E-state index in [-0.39, 0.29) is 34.6 Å². The Labute approximate surface area is 152 Å². The minimum atomic E-state index is -3.03. The van der Waals surface area contributed by atoms with Crippen molar-refractivity contribution >= 4 is 32.7 Å². The summed E-state index contributed by atoms with van der Waals surface area (Å²) in [7, 11) is -1.42. The first kappa shape index (κ1) is 18.3. The number of carbonyl (C=O) groups excluding carboxylic acids is 1. The van der Waals surface area contributed by atoms with E-state index in [4.69, 9.17) is 4.74 Å². The third-order valence-electron chi connectivity index (χ3n) is 4.39. The third-order valence-corrected chi connectivity index (χ3v) is 7.63. The van der Waals surface area contributed by atoms with Gasteiger partial charge in [0.15, 0.2) is 15.0 Å². The van der Waals surface area contributed by atoms with E-state index in [2.05, 4.69) is 4.99 Å². The average Bonchev–Trinajstić information content (AvgIpc) is 3.01. The van der Waals surface area contributed by atoms with E-state index < -0.39 is 9.84 Å². The fourth-order valence-electron chi connectivity index (χ4n) is 2.97. The molecule has 2 fully saturated rings.